The molecule has 2 saturated heterocycles. The van der Waals surface area contributed by atoms with Gasteiger partial charge < -0.3 is 10.6 Å². The smallest absolute Gasteiger partial charge is 0.251 e. The average Bonchev–Trinajstić information content (AvgIpc) is 3.03. The van der Waals surface area contributed by atoms with E-state index in [4.69, 9.17) is 0 Å². The van der Waals surface area contributed by atoms with Crippen LogP contribution in [0.15, 0.2) is 30.3 Å². The van der Waals surface area contributed by atoms with E-state index in [0.717, 1.165) is 18.5 Å². The first kappa shape index (κ1) is 16.7. The third-order valence-corrected chi connectivity index (χ3v) is 5.01. The van der Waals surface area contributed by atoms with E-state index in [2.05, 4.69) is 15.5 Å². The Labute approximate surface area is 143 Å². The van der Waals surface area contributed by atoms with Crippen molar-refractivity contribution >= 4 is 17.9 Å². The summed E-state index contributed by atoms with van der Waals surface area (Å²) in [6.07, 6.45) is 8.15. The Morgan fingerprint density at radius 3 is 2.67 bits per heavy atom. The lowest BCUT2D eigenvalue weighted by Crippen LogP contribution is -2.46. The highest BCUT2D eigenvalue weighted by Crippen LogP contribution is 2.27. The van der Waals surface area contributed by atoms with Crippen molar-refractivity contribution in [2.24, 2.45) is 0 Å². The topological polar surface area (TPSA) is 61.4 Å². The van der Waals surface area contributed by atoms with E-state index in [0.29, 0.717) is 11.6 Å². The summed E-state index contributed by atoms with van der Waals surface area (Å²) in [7, 11) is 1.61. The number of fused-ring (bicyclic) bond motifs is 1. The molecule has 0 saturated carbocycles. The summed E-state index contributed by atoms with van der Waals surface area (Å²) in [5.41, 5.74) is 1.52. The van der Waals surface area contributed by atoms with Crippen molar-refractivity contribution in [3.8, 4) is 0 Å². The Balaban J connectivity index is 1.54. The number of carbonyl (C=O) groups excluding carboxylic acids is 2. The van der Waals surface area contributed by atoms with Crippen LogP contribution in [0.25, 0.3) is 6.08 Å². The van der Waals surface area contributed by atoms with E-state index in [1.54, 1.807) is 31.3 Å². The maximum absolute atomic E-state index is 12.2. The van der Waals surface area contributed by atoms with Crippen molar-refractivity contribution in [3.05, 3.63) is 41.5 Å². The van der Waals surface area contributed by atoms with Crippen LogP contribution >= 0.6 is 0 Å². The number of piperidine rings is 1. The van der Waals surface area contributed by atoms with Gasteiger partial charge in [0.2, 0.25) is 5.91 Å². The van der Waals surface area contributed by atoms with Gasteiger partial charge in [0, 0.05) is 37.3 Å². The quantitative estimate of drug-likeness (QED) is 0.829. The second-order valence-corrected chi connectivity index (χ2v) is 6.54. The maximum atomic E-state index is 12.2. The number of nitrogens with one attached hydrogen (secondary N) is 2. The Hall–Kier alpha value is -2.14. The summed E-state index contributed by atoms with van der Waals surface area (Å²) < 4.78 is 0. The third kappa shape index (κ3) is 3.85. The van der Waals surface area contributed by atoms with Gasteiger partial charge in [-0.2, -0.15) is 0 Å². The predicted molar refractivity (Wildman–Crippen MR) is 94.6 cm³/mol. The van der Waals surface area contributed by atoms with Crippen LogP contribution in [0.1, 0.15) is 41.6 Å². The summed E-state index contributed by atoms with van der Waals surface area (Å²) in [6, 6.07) is 7.99. The van der Waals surface area contributed by atoms with E-state index in [-0.39, 0.29) is 17.9 Å². The highest BCUT2D eigenvalue weighted by atomic mass is 16.2. The zero-order valence-electron chi connectivity index (χ0n) is 14.1. The van der Waals surface area contributed by atoms with Crippen molar-refractivity contribution in [1.29, 1.82) is 0 Å². The molecule has 3 rings (SSSR count). The lowest BCUT2D eigenvalue weighted by Gasteiger charge is -2.32. The van der Waals surface area contributed by atoms with E-state index >= 15 is 0 Å². The predicted octanol–water partition coefficient (Wildman–Crippen LogP) is 1.80. The first-order valence-corrected chi connectivity index (χ1v) is 8.72. The molecule has 0 radical (unpaired) electrons. The van der Waals surface area contributed by atoms with Crippen LogP contribution in [0.5, 0.6) is 0 Å². The van der Waals surface area contributed by atoms with Gasteiger partial charge in [0.1, 0.15) is 0 Å². The van der Waals surface area contributed by atoms with Gasteiger partial charge in [0.15, 0.2) is 0 Å². The fourth-order valence-corrected chi connectivity index (χ4v) is 3.71. The first-order valence-electron chi connectivity index (χ1n) is 8.72. The molecule has 0 spiro atoms. The van der Waals surface area contributed by atoms with E-state index in [1.165, 1.54) is 25.8 Å². The molecule has 128 valence electrons. The number of amides is 2. The van der Waals surface area contributed by atoms with Crippen LogP contribution in [0.3, 0.4) is 0 Å². The van der Waals surface area contributed by atoms with Crippen LogP contribution in [0.4, 0.5) is 0 Å². The molecule has 24 heavy (non-hydrogen) atoms. The molecule has 0 aromatic heterocycles. The van der Waals surface area contributed by atoms with Crippen LogP contribution in [0, 0.1) is 0 Å². The highest BCUT2D eigenvalue weighted by molar-refractivity contribution is 5.94. The molecule has 2 fully saturated rings. The number of hydrogen-bond acceptors (Lipinski definition) is 3. The van der Waals surface area contributed by atoms with Gasteiger partial charge in [-0.1, -0.05) is 18.6 Å². The monoisotopic (exact) mass is 327 g/mol. The van der Waals surface area contributed by atoms with Crippen LogP contribution in [0.2, 0.25) is 0 Å². The van der Waals surface area contributed by atoms with Gasteiger partial charge in [-0.05, 0) is 49.6 Å². The molecule has 5 heteroatoms. The standard InChI is InChI=1S/C19H25N3O2/c1-20-19(24)15-8-5-14(6-9-15)7-10-18(23)21-16-11-13-22-12-3-2-4-17(16)22/h5-10,16-17H,2-4,11-13H2,1H3,(H,20,24)(H,21,23)/b10-7+/t16-,17-/m1/s1. The van der Waals surface area contributed by atoms with Gasteiger partial charge in [0.25, 0.3) is 5.91 Å². The third-order valence-electron chi connectivity index (χ3n) is 5.01. The second-order valence-electron chi connectivity index (χ2n) is 6.54. The minimum atomic E-state index is -0.110. The molecule has 2 heterocycles. The Morgan fingerprint density at radius 1 is 1.12 bits per heavy atom. The molecule has 2 aliphatic heterocycles. The largest absolute Gasteiger partial charge is 0.355 e. The van der Waals surface area contributed by atoms with Crippen molar-refractivity contribution < 1.29 is 9.59 Å². The van der Waals surface area contributed by atoms with Gasteiger partial charge in [-0.25, -0.2) is 0 Å². The number of rotatable bonds is 4. The summed E-state index contributed by atoms with van der Waals surface area (Å²) in [5, 5.41) is 5.74. The summed E-state index contributed by atoms with van der Waals surface area (Å²) in [6.45, 7) is 2.27. The lowest BCUT2D eigenvalue weighted by atomic mass is 9.99. The van der Waals surface area contributed by atoms with Crippen molar-refractivity contribution in [2.75, 3.05) is 20.1 Å². The molecule has 1 aromatic carbocycles. The number of nitrogens with zero attached hydrogens (tertiary/aromatic N) is 1. The van der Waals surface area contributed by atoms with E-state index in [1.807, 2.05) is 12.1 Å². The minimum Gasteiger partial charge on any atom is -0.355 e. The van der Waals surface area contributed by atoms with Gasteiger partial charge in [0.05, 0.1) is 0 Å². The molecular formula is C19H25N3O2. The maximum Gasteiger partial charge on any atom is 0.251 e. The molecule has 2 atom stereocenters. The Bertz CT molecular complexity index is 624. The SMILES string of the molecule is CNC(=O)c1ccc(/C=C/C(=O)N[C@@H]2CCN3CCCC[C@H]23)cc1. The van der Waals surface area contributed by atoms with Crippen LogP contribution in [-0.4, -0.2) is 48.9 Å². The zero-order valence-corrected chi connectivity index (χ0v) is 14.1. The molecule has 5 nitrogen and oxygen atoms in total. The summed E-state index contributed by atoms with van der Waals surface area (Å²) >= 11 is 0. The van der Waals surface area contributed by atoms with Gasteiger partial charge >= 0.3 is 0 Å². The minimum absolute atomic E-state index is 0.0391. The zero-order chi connectivity index (χ0) is 16.9. The first-order chi connectivity index (χ1) is 11.7. The molecule has 0 bridgehead atoms. The fourth-order valence-electron chi connectivity index (χ4n) is 3.71. The van der Waals surface area contributed by atoms with Gasteiger partial charge in [-0.15, -0.1) is 0 Å². The highest BCUT2D eigenvalue weighted by Gasteiger charge is 2.35. The average molecular weight is 327 g/mol. The van der Waals surface area contributed by atoms with Gasteiger partial charge in [-0.3, -0.25) is 14.5 Å². The lowest BCUT2D eigenvalue weighted by molar-refractivity contribution is -0.117. The number of carbonyl (C=O) groups is 2. The van der Waals surface area contributed by atoms with Crippen LogP contribution < -0.4 is 10.6 Å². The van der Waals surface area contributed by atoms with Crippen LogP contribution in [-0.2, 0) is 4.79 Å². The molecule has 2 amide bonds. The number of hydrogen-bond donors (Lipinski definition) is 2. The molecule has 2 aliphatic rings. The Kier molecular flexibility index (Phi) is 5.30. The summed E-state index contributed by atoms with van der Waals surface area (Å²) in [5.74, 6) is -0.149. The molecule has 1 aromatic rings. The van der Waals surface area contributed by atoms with Crippen molar-refractivity contribution in [1.82, 2.24) is 15.5 Å². The van der Waals surface area contributed by atoms with E-state index in [9.17, 15) is 9.59 Å². The second kappa shape index (κ2) is 7.62. The van der Waals surface area contributed by atoms with Crippen molar-refractivity contribution in [2.45, 2.75) is 37.8 Å². The molecule has 0 unspecified atom stereocenters. The summed E-state index contributed by atoms with van der Waals surface area (Å²) in [4.78, 5) is 26.2. The van der Waals surface area contributed by atoms with Crippen molar-refractivity contribution in [3.63, 3.8) is 0 Å². The molecule has 0 aliphatic carbocycles. The fraction of sp³-hybridized carbons (Fsp3) is 0.474. The number of benzene rings is 1. The van der Waals surface area contributed by atoms with E-state index < -0.39 is 0 Å². The Morgan fingerprint density at radius 2 is 1.92 bits per heavy atom. The molecule has 2 N–H and O–H groups in total. The normalized spacial score (nSPS) is 23.9. The molecular weight excluding hydrogens is 302 g/mol.